The van der Waals surface area contributed by atoms with Crippen LogP contribution in [0.3, 0.4) is 0 Å². The number of amides is 1. The fourth-order valence-electron chi connectivity index (χ4n) is 0.465. The van der Waals surface area contributed by atoms with Crippen LogP contribution in [0.4, 0.5) is 4.79 Å². The number of unbranched alkanes of at least 4 members (excludes halogenated alkanes) is 1. The van der Waals surface area contributed by atoms with Crippen molar-refractivity contribution in [2.24, 2.45) is 5.73 Å². The van der Waals surface area contributed by atoms with Crippen LogP contribution < -0.4 is 11.1 Å². The molecule has 0 unspecified atom stereocenters. The maximum atomic E-state index is 9.82. The second kappa shape index (κ2) is 5.37. The Morgan fingerprint density at radius 1 is 1.56 bits per heavy atom. The van der Waals surface area contributed by atoms with Gasteiger partial charge in [-0.15, -0.1) is 0 Å². The fourth-order valence-corrected chi connectivity index (χ4v) is 0.465. The molecule has 4 nitrogen and oxygen atoms in total. The Balaban J connectivity index is 2.83. The topological polar surface area (TPSA) is 75.3 Å². The van der Waals surface area contributed by atoms with Crippen molar-refractivity contribution in [1.29, 1.82) is 0 Å². The van der Waals surface area contributed by atoms with Crippen LogP contribution in [0, 0.1) is 0 Å². The summed E-state index contributed by atoms with van der Waals surface area (Å²) in [7, 11) is 0. The molecule has 0 rings (SSSR count). The van der Waals surface area contributed by atoms with Gasteiger partial charge in [0, 0.05) is 6.54 Å². The van der Waals surface area contributed by atoms with Crippen molar-refractivity contribution in [1.82, 2.24) is 5.32 Å². The number of hydrogen-bond donors (Lipinski definition) is 3. The molecule has 0 bridgehead atoms. The molecule has 0 saturated carbocycles. The minimum absolute atomic E-state index is 0.506. The van der Waals surface area contributed by atoms with Crippen molar-refractivity contribution < 1.29 is 9.90 Å². The van der Waals surface area contributed by atoms with Crippen molar-refractivity contribution in [3.05, 3.63) is 0 Å². The van der Waals surface area contributed by atoms with E-state index in [2.05, 4.69) is 5.32 Å². The van der Waals surface area contributed by atoms with Crippen LogP contribution in [0.1, 0.15) is 12.8 Å². The SMILES string of the molecule is NCCCCNC(=O)O. The fraction of sp³-hybridized carbons (Fsp3) is 0.800. The third-order valence-electron chi connectivity index (χ3n) is 0.907. The van der Waals surface area contributed by atoms with Gasteiger partial charge in [-0.2, -0.15) is 0 Å². The Morgan fingerprint density at radius 2 is 2.22 bits per heavy atom. The molecule has 0 heterocycles. The highest BCUT2D eigenvalue weighted by atomic mass is 16.4. The lowest BCUT2D eigenvalue weighted by molar-refractivity contribution is 0.194. The van der Waals surface area contributed by atoms with E-state index in [0.29, 0.717) is 13.1 Å². The molecular formula is C5H12N2O2. The predicted octanol–water partition coefficient (Wildman–Crippen LogP) is -0.00710. The lowest BCUT2D eigenvalue weighted by atomic mass is 10.3. The quantitative estimate of drug-likeness (QED) is 0.471. The van der Waals surface area contributed by atoms with Gasteiger partial charge in [-0.1, -0.05) is 0 Å². The highest BCUT2D eigenvalue weighted by Gasteiger charge is 1.90. The summed E-state index contributed by atoms with van der Waals surface area (Å²) in [6.45, 7) is 1.13. The first-order chi connectivity index (χ1) is 4.27. The lowest BCUT2D eigenvalue weighted by Crippen LogP contribution is -2.22. The zero-order chi connectivity index (χ0) is 7.11. The van der Waals surface area contributed by atoms with Crippen LogP contribution in [-0.4, -0.2) is 24.3 Å². The summed E-state index contributed by atoms with van der Waals surface area (Å²) < 4.78 is 0. The zero-order valence-electron chi connectivity index (χ0n) is 5.26. The molecule has 4 N–H and O–H groups in total. The van der Waals surface area contributed by atoms with E-state index in [-0.39, 0.29) is 0 Å². The third-order valence-corrected chi connectivity index (χ3v) is 0.907. The number of nitrogens with two attached hydrogens (primary N) is 1. The normalized spacial score (nSPS) is 9.00. The first kappa shape index (κ1) is 8.23. The van der Waals surface area contributed by atoms with Gasteiger partial charge in [0.05, 0.1) is 0 Å². The van der Waals surface area contributed by atoms with Crippen molar-refractivity contribution in [3.8, 4) is 0 Å². The molecule has 0 aliphatic heterocycles. The second-order valence-corrected chi connectivity index (χ2v) is 1.73. The summed E-state index contributed by atoms with van der Waals surface area (Å²) in [5.41, 5.74) is 5.17. The number of nitrogens with one attached hydrogen (secondary N) is 1. The molecule has 0 aromatic carbocycles. The Labute approximate surface area is 54.0 Å². The number of hydrogen-bond acceptors (Lipinski definition) is 2. The monoisotopic (exact) mass is 132 g/mol. The summed E-state index contributed by atoms with van der Waals surface area (Å²) >= 11 is 0. The Hall–Kier alpha value is -0.770. The average molecular weight is 132 g/mol. The molecule has 0 aromatic heterocycles. The highest BCUT2D eigenvalue weighted by molar-refractivity contribution is 5.64. The standard InChI is InChI=1S/C5H12N2O2/c6-3-1-2-4-7-5(8)9/h7H,1-4,6H2,(H,8,9). The summed E-state index contributed by atoms with van der Waals surface area (Å²) in [5, 5.41) is 10.3. The molecule has 9 heavy (non-hydrogen) atoms. The molecule has 0 fully saturated rings. The van der Waals surface area contributed by atoms with Crippen LogP contribution in [0.5, 0.6) is 0 Å². The molecule has 0 radical (unpaired) electrons. The first-order valence-corrected chi connectivity index (χ1v) is 2.94. The van der Waals surface area contributed by atoms with Crippen LogP contribution in [0.15, 0.2) is 0 Å². The third kappa shape index (κ3) is 7.23. The Kier molecular flexibility index (Phi) is 4.91. The van der Waals surface area contributed by atoms with Crippen molar-refractivity contribution >= 4 is 6.09 Å². The molecule has 0 aliphatic carbocycles. The first-order valence-electron chi connectivity index (χ1n) is 2.94. The van der Waals surface area contributed by atoms with Crippen molar-refractivity contribution in [2.75, 3.05) is 13.1 Å². The summed E-state index contributed by atoms with van der Waals surface area (Å²) in [6.07, 6.45) is 0.732. The van der Waals surface area contributed by atoms with Crippen LogP contribution in [0.25, 0.3) is 0 Å². The molecule has 1 amide bonds. The van der Waals surface area contributed by atoms with Gasteiger partial charge < -0.3 is 16.2 Å². The lowest BCUT2D eigenvalue weighted by Gasteiger charge is -1.96. The van der Waals surface area contributed by atoms with E-state index in [9.17, 15) is 4.79 Å². The molecule has 4 heteroatoms. The van der Waals surface area contributed by atoms with Crippen LogP contribution in [0.2, 0.25) is 0 Å². The smallest absolute Gasteiger partial charge is 0.404 e. The maximum absolute atomic E-state index is 9.82. The van der Waals surface area contributed by atoms with E-state index in [1.807, 2.05) is 0 Å². The van der Waals surface area contributed by atoms with Crippen LogP contribution in [-0.2, 0) is 0 Å². The molecule has 0 spiro atoms. The molecule has 54 valence electrons. The highest BCUT2D eigenvalue weighted by Crippen LogP contribution is 1.81. The Morgan fingerprint density at radius 3 is 2.67 bits per heavy atom. The summed E-state index contributed by atoms with van der Waals surface area (Å²) in [5.74, 6) is 0. The van der Waals surface area contributed by atoms with E-state index in [1.54, 1.807) is 0 Å². The second-order valence-electron chi connectivity index (χ2n) is 1.73. The van der Waals surface area contributed by atoms with E-state index >= 15 is 0 Å². The minimum atomic E-state index is -0.966. The van der Waals surface area contributed by atoms with Gasteiger partial charge in [-0.05, 0) is 19.4 Å². The number of rotatable bonds is 4. The van der Waals surface area contributed by atoms with Crippen molar-refractivity contribution in [3.63, 3.8) is 0 Å². The van der Waals surface area contributed by atoms with Gasteiger partial charge in [0.15, 0.2) is 0 Å². The molecule has 0 aliphatic rings. The minimum Gasteiger partial charge on any atom is -0.465 e. The van der Waals surface area contributed by atoms with Gasteiger partial charge in [-0.25, -0.2) is 4.79 Å². The molecule has 0 atom stereocenters. The summed E-state index contributed by atoms with van der Waals surface area (Å²) in [6, 6.07) is 0. The molecular weight excluding hydrogens is 120 g/mol. The van der Waals surface area contributed by atoms with Gasteiger partial charge >= 0.3 is 6.09 Å². The number of carboxylic acid groups (broad SMARTS) is 1. The Bertz CT molecular complexity index is 85.0. The van der Waals surface area contributed by atoms with Gasteiger partial charge in [0.1, 0.15) is 0 Å². The van der Waals surface area contributed by atoms with Crippen LogP contribution >= 0.6 is 0 Å². The van der Waals surface area contributed by atoms with Gasteiger partial charge in [-0.3, -0.25) is 0 Å². The predicted molar refractivity (Wildman–Crippen MR) is 34.3 cm³/mol. The van der Waals surface area contributed by atoms with E-state index in [1.165, 1.54) is 0 Å². The van der Waals surface area contributed by atoms with Gasteiger partial charge in [0.2, 0.25) is 0 Å². The largest absolute Gasteiger partial charge is 0.465 e. The van der Waals surface area contributed by atoms with E-state index in [4.69, 9.17) is 10.8 Å². The summed E-state index contributed by atoms with van der Waals surface area (Å²) in [4.78, 5) is 9.82. The molecule has 0 saturated heterocycles. The zero-order valence-corrected chi connectivity index (χ0v) is 5.26. The average Bonchev–Trinajstić information content (AvgIpc) is 1.80. The van der Waals surface area contributed by atoms with E-state index < -0.39 is 6.09 Å². The number of carbonyl (C=O) groups is 1. The van der Waals surface area contributed by atoms with Gasteiger partial charge in [0.25, 0.3) is 0 Å². The van der Waals surface area contributed by atoms with Crippen molar-refractivity contribution in [2.45, 2.75) is 12.8 Å². The molecule has 0 aromatic rings. The maximum Gasteiger partial charge on any atom is 0.404 e. The van der Waals surface area contributed by atoms with E-state index in [0.717, 1.165) is 12.8 Å².